The molecule has 0 radical (unpaired) electrons. The normalized spacial score (nSPS) is 19.3. The molecule has 1 fully saturated rings. The predicted molar refractivity (Wildman–Crippen MR) is 127 cm³/mol. The summed E-state index contributed by atoms with van der Waals surface area (Å²) in [4.78, 5) is 12.2. The highest BCUT2D eigenvalue weighted by Gasteiger charge is 2.47. The SMILES string of the molecule is C#CC[C@@H](C)[C@H](OCC1(COC(=O)C(C)(C)C)CC1)[C@@H](C=C)O[Si](C)(C)C(C)(C)C. The van der Waals surface area contributed by atoms with Gasteiger partial charge in [-0.25, -0.2) is 0 Å². The molecule has 0 bridgehead atoms. The van der Waals surface area contributed by atoms with Crippen LogP contribution in [0, 0.1) is 29.1 Å². The fourth-order valence-electron chi connectivity index (χ4n) is 2.87. The minimum absolute atomic E-state index is 0.0856. The average molecular weight is 437 g/mol. The van der Waals surface area contributed by atoms with Crippen LogP contribution in [0.5, 0.6) is 0 Å². The van der Waals surface area contributed by atoms with Gasteiger partial charge in [0.05, 0.1) is 30.8 Å². The van der Waals surface area contributed by atoms with Gasteiger partial charge in [0.25, 0.3) is 0 Å². The molecule has 5 heteroatoms. The van der Waals surface area contributed by atoms with Crippen LogP contribution in [-0.4, -0.2) is 39.7 Å². The van der Waals surface area contributed by atoms with E-state index in [1.165, 1.54) is 0 Å². The zero-order valence-corrected chi connectivity index (χ0v) is 21.8. The second kappa shape index (κ2) is 10.0. The largest absolute Gasteiger partial charge is 0.465 e. The lowest BCUT2D eigenvalue weighted by Gasteiger charge is -2.41. The summed E-state index contributed by atoms with van der Waals surface area (Å²) in [6, 6.07) is 0. The highest BCUT2D eigenvalue weighted by Crippen LogP contribution is 2.47. The second-order valence-corrected chi connectivity index (χ2v) is 16.3. The molecule has 0 N–H and O–H groups in total. The Morgan fingerprint density at radius 2 is 1.77 bits per heavy atom. The Morgan fingerprint density at radius 3 is 2.17 bits per heavy atom. The highest BCUT2D eigenvalue weighted by molar-refractivity contribution is 6.74. The predicted octanol–water partition coefficient (Wildman–Crippen LogP) is 5.98. The van der Waals surface area contributed by atoms with Crippen LogP contribution in [0.15, 0.2) is 12.7 Å². The number of rotatable bonds is 11. The summed E-state index contributed by atoms with van der Waals surface area (Å²) in [5.74, 6) is 2.73. The van der Waals surface area contributed by atoms with E-state index >= 15 is 0 Å². The molecule has 0 saturated heterocycles. The van der Waals surface area contributed by atoms with Crippen molar-refractivity contribution in [1.82, 2.24) is 0 Å². The summed E-state index contributed by atoms with van der Waals surface area (Å²) in [7, 11) is -2.00. The van der Waals surface area contributed by atoms with Gasteiger partial charge in [-0.15, -0.1) is 18.9 Å². The molecule has 1 aliphatic carbocycles. The zero-order chi connectivity index (χ0) is 23.4. The van der Waals surface area contributed by atoms with Crippen molar-refractivity contribution in [3.05, 3.63) is 12.7 Å². The Kier molecular flexibility index (Phi) is 9.00. The number of terminal acetylenes is 1. The van der Waals surface area contributed by atoms with E-state index < -0.39 is 13.7 Å². The van der Waals surface area contributed by atoms with E-state index in [1.807, 2.05) is 26.8 Å². The molecule has 0 aromatic rings. The number of hydrogen-bond acceptors (Lipinski definition) is 4. The third kappa shape index (κ3) is 7.55. The van der Waals surface area contributed by atoms with Crippen molar-refractivity contribution in [2.75, 3.05) is 13.2 Å². The molecule has 3 atom stereocenters. The van der Waals surface area contributed by atoms with Crippen LogP contribution >= 0.6 is 0 Å². The molecule has 4 nitrogen and oxygen atoms in total. The van der Waals surface area contributed by atoms with Crippen molar-refractivity contribution < 1.29 is 18.7 Å². The molecule has 0 aliphatic heterocycles. The highest BCUT2D eigenvalue weighted by atomic mass is 28.4. The Balaban J connectivity index is 2.87. The van der Waals surface area contributed by atoms with Gasteiger partial charge in [-0.1, -0.05) is 33.8 Å². The van der Waals surface area contributed by atoms with Gasteiger partial charge >= 0.3 is 5.97 Å². The Morgan fingerprint density at radius 1 is 1.20 bits per heavy atom. The minimum atomic E-state index is -2.00. The lowest BCUT2D eigenvalue weighted by Crippen LogP contribution is -2.48. The van der Waals surface area contributed by atoms with E-state index in [-0.39, 0.29) is 34.5 Å². The molecule has 1 aliphatic rings. The van der Waals surface area contributed by atoms with E-state index in [0.717, 1.165) is 12.8 Å². The topological polar surface area (TPSA) is 44.8 Å². The van der Waals surface area contributed by atoms with Crippen molar-refractivity contribution >= 4 is 14.3 Å². The first-order chi connectivity index (χ1) is 13.6. The van der Waals surface area contributed by atoms with Crippen molar-refractivity contribution in [1.29, 1.82) is 0 Å². The quantitative estimate of drug-likeness (QED) is 0.173. The molecular weight excluding hydrogens is 392 g/mol. The van der Waals surface area contributed by atoms with Gasteiger partial charge in [0.1, 0.15) is 0 Å². The van der Waals surface area contributed by atoms with Crippen LogP contribution in [0.2, 0.25) is 18.1 Å². The maximum atomic E-state index is 12.2. The molecule has 1 rings (SSSR count). The second-order valence-electron chi connectivity index (χ2n) is 11.6. The van der Waals surface area contributed by atoms with Crippen LogP contribution in [0.25, 0.3) is 0 Å². The van der Waals surface area contributed by atoms with Gasteiger partial charge in [-0.05, 0) is 57.7 Å². The van der Waals surface area contributed by atoms with Crippen molar-refractivity contribution in [3.8, 4) is 12.3 Å². The first kappa shape index (κ1) is 26.9. The summed E-state index contributed by atoms with van der Waals surface area (Å²) < 4.78 is 18.7. The van der Waals surface area contributed by atoms with Crippen molar-refractivity contribution in [3.63, 3.8) is 0 Å². The van der Waals surface area contributed by atoms with E-state index in [0.29, 0.717) is 19.6 Å². The third-order valence-electron chi connectivity index (χ3n) is 6.45. The fraction of sp³-hybridized carbons (Fsp3) is 0.800. The summed E-state index contributed by atoms with van der Waals surface area (Å²) in [6.07, 6.45) is 9.68. The minimum Gasteiger partial charge on any atom is -0.465 e. The van der Waals surface area contributed by atoms with Gasteiger partial charge in [0.2, 0.25) is 0 Å². The number of carbonyl (C=O) groups excluding carboxylic acids is 1. The zero-order valence-electron chi connectivity index (χ0n) is 20.8. The van der Waals surface area contributed by atoms with Crippen molar-refractivity contribution in [2.24, 2.45) is 16.7 Å². The molecule has 0 spiro atoms. The molecule has 0 aromatic heterocycles. The first-order valence-electron chi connectivity index (χ1n) is 11.1. The van der Waals surface area contributed by atoms with Gasteiger partial charge in [-0.3, -0.25) is 4.79 Å². The number of ether oxygens (including phenoxy) is 2. The molecule has 0 unspecified atom stereocenters. The van der Waals surface area contributed by atoms with Gasteiger partial charge in [0.15, 0.2) is 8.32 Å². The molecule has 1 saturated carbocycles. The van der Waals surface area contributed by atoms with Crippen LogP contribution in [-0.2, 0) is 18.7 Å². The maximum Gasteiger partial charge on any atom is 0.311 e. The summed E-state index contributed by atoms with van der Waals surface area (Å²) >= 11 is 0. The molecular formula is C25H44O4Si. The van der Waals surface area contributed by atoms with Crippen LogP contribution < -0.4 is 0 Å². The Hall–Kier alpha value is -1.09. The monoisotopic (exact) mass is 436 g/mol. The van der Waals surface area contributed by atoms with Gasteiger partial charge in [0, 0.05) is 11.8 Å². The van der Waals surface area contributed by atoms with Crippen LogP contribution in [0.4, 0.5) is 0 Å². The lowest BCUT2D eigenvalue weighted by molar-refractivity contribution is -0.156. The standard InChI is InChI=1S/C25H44O4Si/c1-12-14-19(3)21(20(13-2)29-30(10,11)24(7,8)9)27-17-25(15-16-25)18-28-22(26)23(4,5)6/h1,13,19-21H,2,14-18H2,3-11H3/t19-,20-,21+/m1/s1. The van der Waals surface area contributed by atoms with E-state index in [4.69, 9.17) is 20.3 Å². The molecule has 30 heavy (non-hydrogen) atoms. The average Bonchev–Trinajstić information content (AvgIpc) is 3.37. The summed E-state index contributed by atoms with van der Waals surface area (Å²) in [5, 5.41) is 0.0903. The summed E-state index contributed by atoms with van der Waals surface area (Å²) in [6.45, 7) is 23.8. The Labute approximate surface area is 186 Å². The number of esters is 1. The molecule has 172 valence electrons. The van der Waals surface area contributed by atoms with E-state index in [1.54, 1.807) is 0 Å². The van der Waals surface area contributed by atoms with Crippen molar-refractivity contribution in [2.45, 2.75) is 98.1 Å². The van der Waals surface area contributed by atoms with Gasteiger partial charge in [-0.2, -0.15) is 0 Å². The van der Waals surface area contributed by atoms with E-state index in [2.05, 4.69) is 53.3 Å². The smallest absolute Gasteiger partial charge is 0.311 e. The fourth-order valence-corrected chi connectivity index (χ4v) is 4.13. The third-order valence-corrected chi connectivity index (χ3v) is 10.9. The maximum absolute atomic E-state index is 12.2. The van der Waals surface area contributed by atoms with E-state index in [9.17, 15) is 4.79 Å². The molecule has 0 aromatic carbocycles. The summed E-state index contributed by atoms with van der Waals surface area (Å²) in [5.41, 5.74) is -0.580. The Bertz CT molecular complexity index is 629. The molecule has 0 heterocycles. The lowest BCUT2D eigenvalue weighted by atomic mass is 9.96. The van der Waals surface area contributed by atoms with Crippen LogP contribution in [0.3, 0.4) is 0 Å². The molecule has 0 amide bonds. The number of carbonyl (C=O) groups is 1. The van der Waals surface area contributed by atoms with Gasteiger partial charge < -0.3 is 13.9 Å². The number of hydrogen-bond donors (Lipinski definition) is 0. The van der Waals surface area contributed by atoms with Crippen LogP contribution in [0.1, 0.15) is 67.7 Å². The first-order valence-corrected chi connectivity index (χ1v) is 14.0.